The minimum absolute atomic E-state index is 0.307. The van der Waals surface area contributed by atoms with Gasteiger partial charge in [0.1, 0.15) is 16.8 Å². The molecule has 0 spiro atoms. The lowest BCUT2D eigenvalue weighted by atomic mass is 10.2. The molecule has 1 aromatic carbocycles. The smallest absolute Gasteiger partial charge is 0.323 e. The molecule has 2 atom stereocenters. The number of carbonyl (C=O) groups excluding carboxylic acids is 1. The Balaban J connectivity index is 1.69. The number of esters is 1. The predicted molar refractivity (Wildman–Crippen MR) is 95.6 cm³/mol. The van der Waals surface area contributed by atoms with Gasteiger partial charge in [-0.1, -0.05) is 0 Å². The van der Waals surface area contributed by atoms with Crippen molar-refractivity contribution in [2.24, 2.45) is 0 Å². The zero-order chi connectivity index (χ0) is 17.8. The number of ether oxygens (including phenoxy) is 2. The van der Waals surface area contributed by atoms with E-state index in [1.165, 1.54) is 7.11 Å². The number of aliphatic hydroxyl groups excluding tert-OH is 1. The van der Waals surface area contributed by atoms with E-state index in [4.69, 9.17) is 9.47 Å². The Kier molecular flexibility index (Phi) is 5.67. The number of aromatic nitrogens is 1. The van der Waals surface area contributed by atoms with Crippen molar-refractivity contribution >= 4 is 17.3 Å². The average Bonchev–Trinajstić information content (AvgIpc) is 3.22. The van der Waals surface area contributed by atoms with E-state index in [1.807, 2.05) is 41.5 Å². The maximum absolute atomic E-state index is 11.9. The minimum Gasteiger partial charge on any atom is -0.494 e. The van der Waals surface area contributed by atoms with Crippen LogP contribution in [0.5, 0.6) is 5.75 Å². The summed E-state index contributed by atoms with van der Waals surface area (Å²) in [5, 5.41) is 12.8. The van der Waals surface area contributed by atoms with E-state index in [2.05, 4.69) is 4.98 Å². The molecule has 0 aliphatic carbocycles. The Labute approximate surface area is 151 Å². The van der Waals surface area contributed by atoms with Gasteiger partial charge in [-0.15, -0.1) is 11.3 Å². The highest BCUT2D eigenvalue weighted by Crippen LogP contribution is 2.28. The van der Waals surface area contributed by atoms with Gasteiger partial charge in [-0.05, 0) is 31.2 Å². The van der Waals surface area contributed by atoms with Crippen molar-refractivity contribution in [3.63, 3.8) is 0 Å². The molecule has 2 heterocycles. The quantitative estimate of drug-likeness (QED) is 0.795. The van der Waals surface area contributed by atoms with Gasteiger partial charge in [-0.3, -0.25) is 9.69 Å². The maximum Gasteiger partial charge on any atom is 0.323 e. The topological polar surface area (TPSA) is 71.9 Å². The normalized spacial score (nSPS) is 20.6. The lowest BCUT2D eigenvalue weighted by Crippen LogP contribution is -2.36. The van der Waals surface area contributed by atoms with Crippen molar-refractivity contribution in [2.75, 3.05) is 20.3 Å². The second kappa shape index (κ2) is 7.95. The molecule has 1 aromatic heterocycles. The number of hydrogen-bond donors (Lipinski definition) is 1. The van der Waals surface area contributed by atoms with E-state index >= 15 is 0 Å². The van der Waals surface area contributed by atoms with E-state index in [1.54, 1.807) is 11.3 Å². The first-order valence-corrected chi connectivity index (χ1v) is 9.16. The molecule has 1 N–H and O–H groups in total. The molecule has 1 fully saturated rings. The highest BCUT2D eigenvalue weighted by molar-refractivity contribution is 7.13. The van der Waals surface area contributed by atoms with E-state index < -0.39 is 12.1 Å². The third-order valence-corrected chi connectivity index (χ3v) is 5.12. The van der Waals surface area contributed by atoms with Crippen LogP contribution in [-0.4, -0.2) is 53.4 Å². The summed E-state index contributed by atoms with van der Waals surface area (Å²) in [6, 6.07) is 7.44. The fraction of sp³-hybridized carbons (Fsp3) is 0.444. The van der Waals surface area contributed by atoms with Gasteiger partial charge in [0.05, 0.1) is 25.5 Å². The van der Waals surface area contributed by atoms with Gasteiger partial charge < -0.3 is 14.6 Å². The number of nitrogens with zero attached hydrogens (tertiary/aromatic N) is 2. The first kappa shape index (κ1) is 17.8. The molecule has 1 aliphatic heterocycles. The third kappa shape index (κ3) is 4.18. The molecule has 25 heavy (non-hydrogen) atoms. The zero-order valence-electron chi connectivity index (χ0n) is 14.3. The molecular formula is C18H22N2O4S. The van der Waals surface area contributed by atoms with Crippen LogP contribution in [0.25, 0.3) is 10.6 Å². The van der Waals surface area contributed by atoms with Crippen LogP contribution in [0.3, 0.4) is 0 Å². The number of thiazole rings is 1. The van der Waals surface area contributed by atoms with E-state index in [0.29, 0.717) is 26.1 Å². The second-order valence-corrected chi connectivity index (χ2v) is 6.82. The van der Waals surface area contributed by atoms with Gasteiger partial charge in [0.25, 0.3) is 0 Å². The van der Waals surface area contributed by atoms with Crippen LogP contribution in [0.1, 0.15) is 19.0 Å². The monoisotopic (exact) mass is 362 g/mol. The summed E-state index contributed by atoms with van der Waals surface area (Å²) < 4.78 is 10.3. The summed E-state index contributed by atoms with van der Waals surface area (Å²) >= 11 is 1.56. The number of hydrogen-bond acceptors (Lipinski definition) is 7. The van der Waals surface area contributed by atoms with Gasteiger partial charge in [0.2, 0.25) is 0 Å². The number of carbonyl (C=O) groups is 1. The molecule has 0 saturated carbocycles. The first-order valence-electron chi connectivity index (χ1n) is 8.28. The second-order valence-electron chi connectivity index (χ2n) is 5.96. The molecule has 0 unspecified atom stereocenters. The van der Waals surface area contributed by atoms with Gasteiger partial charge in [-0.2, -0.15) is 0 Å². The zero-order valence-corrected chi connectivity index (χ0v) is 15.2. The van der Waals surface area contributed by atoms with Crippen LogP contribution in [0, 0.1) is 0 Å². The van der Waals surface area contributed by atoms with Crippen LogP contribution < -0.4 is 4.74 Å². The molecule has 0 bridgehead atoms. The lowest BCUT2D eigenvalue weighted by molar-refractivity contribution is -0.146. The van der Waals surface area contributed by atoms with E-state index in [9.17, 15) is 9.90 Å². The number of benzene rings is 1. The SMILES string of the molecule is CCOc1ccc(-c2nc(CN3C[C@H](O)C[C@H]3C(=O)OC)cs2)cc1. The largest absolute Gasteiger partial charge is 0.494 e. The molecule has 2 aromatic rings. The van der Waals surface area contributed by atoms with Crippen molar-refractivity contribution < 1.29 is 19.4 Å². The van der Waals surface area contributed by atoms with Crippen LogP contribution in [0.4, 0.5) is 0 Å². The predicted octanol–water partition coefficient (Wildman–Crippen LogP) is 2.32. The summed E-state index contributed by atoms with van der Waals surface area (Å²) in [6.45, 7) is 3.57. The van der Waals surface area contributed by atoms with Crippen LogP contribution in [-0.2, 0) is 16.1 Å². The van der Waals surface area contributed by atoms with Gasteiger partial charge in [0, 0.05) is 30.5 Å². The summed E-state index contributed by atoms with van der Waals surface area (Å²) in [5.41, 5.74) is 1.92. The number of aliphatic hydroxyl groups is 1. The van der Waals surface area contributed by atoms with Gasteiger partial charge in [0.15, 0.2) is 0 Å². The molecule has 7 heteroatoms. The van der Waals surface area contributed by atoms with Crippen LogP contribution in [0.15, 0.2) is 29.6 Å². The summed E-state index contributed by atoms with van der Waals surface area (Å²) in [5.74, 6) is 0.536. The van der Waals surface area contributed by atoms with Crippen molar-refractivity contribution in [1.82, 2.24) is 9.88 Å². The maximum atomic E-state index is 11.9. The molecule has 134 valence electrons. The Morgan fingerprint density at radius 3 is 2.84 bits per heavy atom. The lowest BCUT2D eigenvalue weighted by Gasteiger charge is -2.20. The van der Waals surface area contributed by atoms with Gasteiger partial charge >= 0.3 is 5.97 Å². The fourth-order valence-corrected chi connectivity index (χ4v) is 3.83. The van der Waals surface area contributed by atoms with Crippen molar-refractivity contribution in [1.29, 1.82) is 0 Å². The number of likely N-dealkylation sites (tertiary alicyclic amines) is 1. The number of methoxy groups -OCH3 is 1. The van der Waals surface area contributed by atoms with E-state index in [0.717, 1.165) is 22.0 Å². The first-order chi connectivity index (χ1) is 12.1. The highest BCUT2D eigenvalue weighted by Gasteiger charge is 2.36. The summed E-state index contributed by atoms with van der Waals surface area (Å²) in [6.07, 6.45) is -0.101. The van der Waals surface area contributed by atoms with Crippen molar-refractivity contribution in [3.8, 4) is 16.3 Å². The minimum atomic E-state index is -0.506. The Morgan fingerprint density at radius 1 is 1.40 bits per heavy atom. The van der Waals surface area contributed by atoms with Crippen LogP contribution in [0.2, 0.25) is 0 Å². The number of rotatable bonds is 6. The molecule has 0 amide bonds. The highest BCUT2D eigenvalue weighted by atomic mass is 32.1. The molecule has 6 nitrogen and oxygen atoms in total. The van der Waals surface area contributed by atoms with E-state index in [-0.39, 0.29) is 5.97 Å². The number of β-amino-alcohol motifs (C(OH)–C–C–N with tert-alkyl or cyclic N) is 1. The Morgan fingerprint density at radius 2 is 2.16 bits per heavy atom. The molecule has 3 rings (SSSR count). The van der Waals surface area contributed by atoms with Crippen LogP contribution >= 0.6 is 11.3 Å². The standard InChI is InChI=1S/C18H22N2O4S/c1-3-24-15-6-4-12(5-7-15)17-19-13(11-25-17)9-20-10-14(21)8-16(20)18(22)23-2/h4-7,11,14,16,21H,3,8-10H2,1-2H3/t14-,16+/m1/s1. The summed E-state index contributed by atoms with van der Waals surface area (Å²) in [7, 11) is 1.37. The van der Waals surface area contributed by atoms with Gasteiger partial charge in [-0.25, -0.2) is 4.98 Å². The summed E-state index contributed by atoms with van der Waals surface area (Å²) in [4.78, 5) is 18.5. The van der Waals surface area contributed by atoms with Crippen molar-refractivity contribution in [2.45, 2.75) is 32.0 Å². The fourth-order valence-electron chi connectivity index (χ4n) is 3.02. The molecule has 1 saturated heterocycles. The molecule has 1 aliphatic rings. The van der Waals surface area contributed by atoms with Crippen molar-refractivity contribution in [3.05, 3.63) is 35.3 Å². The average molecular weight is 362 g/mol. The Bertz CT molecular complexity index is 716. The Hall–Kier alpha value is -1.96. The molecule has 0 radical (unpaired) electrons. The molecular weight excluding hydrogens is 340 g/mol. The third-order valence-electron chi connectivity index (χ3n) is 4.18.